The number of rotatable bonds is 5. The van der Waals surface area contributed by atoms with E-state index in [1.807, 2.05) is 13.8 Å². The van der Waals surface area contributed by atoms with E-state index in [0.29, 0.717) is 5.56 Å². The third-order valence-electron chi connectivity index (χ3n) is 3.12. The summed E-state index contributed by atoms with van der Waals surface area (Å²) >= 11 is 0. The zero-order chi connectivity index (χ0) is 13.9. The number of benzene rings is 1. The van der Waals surface area contributed by atoms with Crippen molar-refractivity contribution < 1.29 is 19.4 Å². The van der Waals surface area contributed by atoms with Crippen LogP contribution < -0.4 is 0 Å². The molecule has 0 amide bonds. The Hall–Kier alpha value is -1.46. The minimum absolute atomic E-state index is 0.0570. The molecule has 0 radical (unpaired) electrons. The number of carboxylic acid groups (broad SMARTS) is 1. The Morgan fingerprint density at radius 3 is 2.56 bits per heavy atom. The number of aliphatic hydroxyl groups is 1. The number of carboxylic acids is 1. The van der Waals surface area contributed by atoms with E-state index in [-0.39, 0.29) is 18.7 Å². The molecule has 0 atom stereocenters. The largest absolute Gasteiger partial charge is 0.478 e. The fourth-order valence-electron chi connectivity index (χ4n) is 1.42. The van der Waals surface area contributed by atoms with E-state index in [1.54, 1.807) is 11.9 Å². The van der Waals surface area contributed by atoms with Crippen LogP contribution in [0.1, 0.15) is 29.8 Å². The third kappa shape index (κ3) is 3.27. The van der Waals surface area contributed by atoms with Gasteiger partial charge in [-0.05, 0) is 39.1 Å². The lowest BCUT2D eigenvalue weighted by Gasteiger charge is -2.34. The van der Waals surface area contributed by atoms with Crippen LogP contribution in [0.15, 0.2) is 18.2 Å². The second-order valence-electron chi connectivity index (χ2n) is 4.94. The zero-order valence-electron chi connectivity index (χ0n) is 10.8. The van der Waals surface area contributed by atoms with Gasteiger partial charge in [0.05, 0.1) is 12.2 Å². The monoisotopic (exact) mass is 255 g/mol. The van der Waals surface area contributed by atoms with Gasteiger partial charge < -0.3 is 10.2 Å². The molecule has 2 N–H and O–H groups in total. The average molecular weight is 255 g/mol. The van der Waals surface area contributed by atoms with E-state index < -0.39 is 17.3 Å². The summed E-state index contributed by atoms with van der Waals surface area (Å²) in [5, 5.41) is 18.1. The Kier molecular flexibility index (Phi) is 4.43. The molecule has 18 heavy (non-hydrogen) atoms. The van der Waals surface area contributed by atoms with Gasteiger partial charge in [0.15, 0.2) is 0 Å². The van der Waals surface area contributed by atoms with Crippen LogP contribution in [-0.4, -0.2) is 40.3 Å². The average Bonchev–Trinajstić information content (AvgIpc) is 2.31. The maximum atomic E-state index is 13.6. The second-order valence-corrected chi connectivity index (χ2v) is 4.94. The highest BCUT2D eigenvalue weighted by Gasteiger charge is 2.23. The lowest BCUT2D eigenvalue weighted by molar-refractivity contribution is 0.0691. The Bertz CT molecular complexity index is 446. The van der Waals surface area contributed by atoms with Crippen molar-refractivity contribution in [3.8, 4) is 0 Å². The predicted molar refractivity (Wildman–Crippen MR) is 66.0 cm³/mol. The van der Waals surface area contributed by atoms with Gasteiger partial charge in [-0.25, -0.2) is 9.18 Å². The molecule has 0 bridgehead atoms. The van der Waals surface area contributed by atoms with Crippen LogP contribution in [0.4, 0.5) is 4.39 Å². The molecule has 1 aromatic carbocycles. The molecule has 100 valence electrons. The molecule has 0 aliphatic heterocycles. The molecule has 1 aromatic rings. The Morgan fingerprint density at radius 1 is 1.44 bits per heavy atom. The van der Waals surface area contributed by atoms with Crippen molar-refractivity contribution in [2.24, 2.45) is 0 Å². The maximum Gasteiger partial charge on any atom is 0.335 e. The van der Waals surface area contributed by atoms with Crippen molar-refractivity contribution in [3.63, 3.8) is 0 Å². The zero-order valence-corrected chi connectivity index (χ0v) is 10.8. The summed E-state index contributed by atoms with van der Waals surface area (Å²) < 4.78 is 13.6. The predicted octanol–water partition coefficient (Wildman–Crippen LogP) is 1.73. The molecule has 0 aliphatic carbocycles. The summed E-state index contributed by atoms with van der Waals surface area (Å²) in [6.07, 6.45) is 0. The number of hydrogen-bond acceptors (Lipinski definition) is 3. The summed E-state index contributed by atoms with van der Waals surface area (Å²) in [6, 6.07) is 3.71. The van der Waals surface area contributed by atoms with E-state index in [0.717, 1.165) is 6.07 Å². The van der Waals surface area contributed by atoms with Gasteiger partial charge in [-0.3, -0.25) is 4.90 Å². The van der Waals surface area contributed by atoms with Crippen molar-refractivity contribution in [2.75, 3.05) is 13.7 Å². The standard InChI is InChI=1S/C13H18FNO3/c1-13(2,8-16)15(3)7-10-6-9(12(17)18)4-5-11(10)14/h4-6,16H,7-8H2,1-3H3,(H,17,18). The molecule has 0 aromatic heterocycles. The number of halogens is 1. The van der Waals surface area contributed by atoms with E-state index in [9.17, 15) is 14.3 Å². The maximum absolute atomic E-state index is 13.6. The van der Waals surface area contributed by atoms with Gasteiger partial charge in [0.2, 0.25) is 0 Å². The van der Waals surface area contributed by atoms with Gasteiger partial charge >= 0.3 is 5.97 Å². The normalized spacial score (nSPS) is 11.9. The molecule has 0 saturated heterocycles. The molecule has 0 aliphatic rings. The Morgan fingerprint density at radius 2 is 2.06 bits per heavy atom. The molecule has 0 fully saturated rings. The van der Waals surface area contributed by atoms with Crippen LogP contribution in [0.25, 0.3) is 0 Å². The molecule has 4 nitrogen and oxygen atoms in total. The van der Waals surface area contributed by atoms with Crippen LogP contribution in [0, 0.1) is 5.82 Å². The first-order chi connectivity index (χ1) is 8.27. The topological polar surface area (TPSA) is 60.8 Å². The highest BCUT2D eigenvalue weighted by molar-refractivity contribution is 5.87. The van der Waals surface area contributed by atoms with Crippen molar-refractivity contribution in [2.45, 2.75) is 25.9 Å². The van der Waals surface area contributed by atoms with E-state index in [1.165, 1.54) is 12.1 Å². The quantitative estimate of drug-likeness (QED) is 0.841. The van der Waals surface area contributed by atoms with Crippen LogP contribution in [-0.2, 0) is 6.54 Å². The van der Waals surface area contributed by atoms with Crippen molar-refractivity contribution in [3.05, 3.63) is 35.1 Å². The third-order valence-corrected chi connectivity index (χ3v) is 3.12. The number of hydrogen-bond donors (Lipinski definition) is 2. The molecule has 0 unspecified atom stereocenters. The van der Waals surface area contributed by atoms with Crippen molar-refractivity contribution >= 4 is 5.97 Å². The first-order valence-corrected chi connectivity index (χ1v) is 5.62. The molecule has 0 spiro atoms. The fraction of sp³-hybridized carbons (Fsp3) is 0.462. The SMILES string of the molecule is CN(Cc1cc(C(=O)O)ccc1F)C(C)(C)CO. The summed E-state index contributed by atoms with van der Waals surface area (Å²) in [5.74, 6) is -1.53. The number of likely N-dealkylation sites (N-methyl/N-ethyl adjacent to an activating group) is 1. The molecular weight excluding hydrogens is 237 g/mol. The van der Waals surface area contributed by atoms with E-state index in [4.69, 9.17) is 5.11 Å². The summed E-state index contributed by atoms with van der Waals surface area (Å²) in [6.45, 7) is 3.82. The minimum atomic E-state index is -1.08. The lowest BCUT2D eigenvalue weighted by atomic mass is 10.0. The molecule has 0 saturated carbocycles. The van der Waals surface area contributed by atoms with Crippen LogP contribution in [0.2, 0.25) is 0 Å². The first kappa shape index (κ1) is 14.6. The minimum Gasteiger partial charge on any atom is -0.478 e. The van der Waals surface area contributed by atoms with Gasteiger partial charge in [0.1, 0.15) is 5.82 Å². The smallest absolute Gasteiger partial charge is 0.335 e. The van der Waals surface area contributed by atoms with Gasteiger partial charge in [0, 0.05) is 17.6 Å². The number of carbonyl (C=O) groups is 1. The van der Waals surface area contributed by atoms with E-state index in [2.05, 4.69) is 0 Å². The number of aliphatic hydroxyl groups excluding tert-OH is 1. The van der Waals surface area contributed by atoms with Crippen molar-refractivity contribution in [1.29, 1.82) is 0 Å². The molecule has 0 heterocycles. The molecule has 5 heteroatoms. The van der Waals surface area contributed by atoms with Crippen LogP contribution in [0.5, 0.6) is 0 Å². The second kappa shape index (κ2) is 5.46. The summed E-state index contributed by atoms with van der Waals surface area (Å²) in [5.41, 5.74) is -0.133. The lowest BCUT2D eigenvalue weighted by Crippen LogP contribution is -2.43. The van der Waals surface area contributed by atoms with Gasteiger partial charge in [-0.1, -0.05) is 0 Å². The van der Waals surface area contributed by atoms with Gasteiger partial charge in [-0.15, -0.1) is 0 Å². The highest BCUT2D eigenvalue weighted by Crippen LogP contribution is 2.18. The van der Waals surface area contributed by atoms with Gasteiger partial charge in [-0.2, -0.15) is 0 Å². The Balaban J connectivity index is 2.97. The number of aromatic carboxylic acids is 1. The van der Waals surface area contributed by atoms with Crippen molar-refractivity contribution in [1.82, 2.24) is 4.90 Å². The number of nitrogens with zero attached hydrogens (tertiary/aromatic N) is 1. The fourth-order valence-corrected chi connectivity index (χ4v) is 1.42. The highest BCUT2D eigenvalue weighted by atomic mass is 19.1. The summed E-state index contributed by atoms with van der Waals surface area (Å²) in [4.78, 5) is 12.6. The van der Waals surface area contributed by atoms with Crippen LogP contribution >= 0.6 is 0 Å². The molecule has 1 rings (SSSR count). The Labute approximate surface area is 106 Å². The van der Waals surface area contributed by atoms with Gasteiger partial charge in [0.25, 0.3) is 0 Å². The first-order valence-electron chi connectivity index (χ1n) is 5.62. The summed E-state index contributed by atoms with van der Waals surface area (Å²) in [7, 11) is 1.75. The van der Waals surface area contributed by atoms with Crippen LogP contribution in [0.3, 0.4) is 0 Å². The van der Waals surface area contributed by atoms with E-state index >= 15 is 0 Å². The molecular formula is C13H18FNO3.